The number of aliphatic carboxylic acids is 1. The highest BCUT2D eigenvalue weighted by Crippen LogP contribution is 2.39. The molecule has 0 amide bonds. The first kappa shape index (κ1) is 14.8. The van der Waals surface area contributed by atoms with E-state index in [1.165, 1.54) is 27.4 Å². The number of hydrogen-bond donors (Lipinski definition) is 2. The summed E-state index contributed by atoms with van der Waals surface area (Å²) in [6.45, 7) is 0. The largest absolute Gasteiger partial charge is 0.493 e. The average molecular weight is 267 g/mol. The predicted molar refractivity (Wildman–Crippen MR) is 69.8 cm³/mol. The van der Waals surface area contributed by atoms with Gasteiger partial charge in [-0.15, -0.1) is 0 Å². The number of methoxy groups -OCH3 is 3. The van der Waals surface area contributed by atoms with Crippen LogP contribution in [0.5, 0.6) is 17.2 Å². The molecule has 0 radical (unpaired) electrons. The smallest absolute Gasteiger partial charge is 0.328 e. The topological polar surface area (TPSA) is 91.0 Å². The fourth-order valence-electron chi connectivity index (χ4n) is 1.59. The van der Waals surface area contributed by atoms with Crippen LogP contribution in [0.25, 0.3) is 0 Å². The van der Waals surface area contributed by atoms with Gasteiger partial charge in [0.25, 0.3) is 0 Å². The third kappa shape index (κ3) is 3.62. The number of nitrogens with two attached hydrogens (primary N) is 1. The summed E-state index contributed by atoms with van der Waals surface area (Å²) in [6, 6.07) is 2.78. The van der Waals surface area contributed by atoms with Crippen LogP contribution < -0.4 is 19.9 Å². The van der Waals surface area contributed by atoms with Crippen LogP contribution in [-0.4, -0.2) is 32.4 Å². The van der Waals surface area contributed by atoms with E-state index < -0.39 is 12.0 Å². The summed E-state index contributed by atoms with van der Waals surface area (Å²) in [4.78, 5) is 10.5. The number of ether oxygens (including phenoxy) is 3. The summed E-state index contributed by atoms with van der Waals surface area (Å²) in [7, 11) is 4.50. The van der Waals surface area contributed by atoms with Crippen molar-refractivity contribution >= 4 is 5.97 Å². The standard InChI is InChI=1S/C13H17NO5/c1-17-10-6-8(9(14)4-5-12(15)16)7-11(18-2)13(10)19-3/h4-7,9H,14H2,1-3H3,(H,15,16)/b5-4+. The molecule has 1 aromatic rings. The lowest BCUT2D eigenvalue weighted by atomic mass is 10.1. The van der Waals surface area contributed by atoms with Gasteiger partial charge >= 0.3 is 5.97 Å². The fourth-order valence-corrected chi connectivity index (χ4v) is 1.59. The minimum absolute atomic E-state index is 0.461. The van der Waals surface area contributed by atoms with E-state index in [-0.39, 0.29) is 0 Å². The Balaban J connectivity index is 3.18. The molecule has 6 heteroatoms. The second-order valence-electron chi connectivity index (χ2n) is 3.68. The maximum Gasteiger partial charge on any atom is 0.328 e. The summed E-state index contributed by atoms with van der Waals surface area (Å²) in [5, 5.41) is 8.58. The van der Waals surface area contributed by atoms with Crippen molar-refractivity contribution in [2.45, 2.75) is 6.04 Å². The van der Waals surface area contributed by atoms with Crippen molar-refractivity contribution in [2.75, 3.05) is 21.3 Å². The molecule has 6 nitrogen and oxygen atoms in total. The number of hydrogen-bond acceptors (Lipinski definition) is 5. The Morgan fingerprint density at radius 1 is 1.21 bits per heavy atom. The highest BCUT2D eigenvalue weighted by Gasteiger charge is 2.15. The maximum atomic E-state index is 10.5. The van der Waals surface area contributed by atoms with Crippen molar-refractivity contribution in [3.63, 3.8) is 0 Å². The van der Waals surface area contributed by atoms with Crippen molar-refractivity contribution in [3.8, 4) is 17.2 Å². The first-order chi connectivity index (χ1) is 9.03. The van der Waals surface area contributed by atoms with Gasteiger partial charge in [-0.2, -0.15) is 0 Å². The van der Waals surface area contributed by atoms with E-state index in [0.29, 0.717) is 22.8 Å². The van der Waals surface area contributed by atoms with Crippen molar-refractivity contribution in [2.24, 2.45) is 5.73 Å². The number of carboxylic acid groups (broad SMARTS) is 1. The van der Waals surface area contributed by atoms with Gasteiger partial charge in [-0.25, -0.2) is 4.79 Å². The molecule has 0 aliphatic heterocycles. The molecule has 19 heavy (non-hydrogen) atoms. The van der Waals surface area contributed by atoms with Gasteiger partial charge in [-0.05, 0) is 17.7 Å². The van der Waals surface area contributed by atoms with E-state index in [4.69, 9.17) is 25.1 Å². The van der Waals surface area contributed by atoms with Crippen LogP contribution >= 0.6 is 0 Å². The Bertz CT molecular complexity index is 459. The zero-order valence-corrected chi connectivity index (χ0v) is 11.0. The molecule has 3 N–H and O–H groups in total. The molecule has 0 aliphatic rings. The number of benzene rings is 1. The van der Waals surface area contributed by atoms with E-state index >= 15 is 0 Å². The van der Waals surface area contributed by atoms with E-state index in [1.54, 1.807) is 12.1 Å². The molecule has 0 spiro atoms. The average Bonchev–Trinajstić information content (AvgIpc) is 2.42. The normalized spacial score (nSPS) is 12.2. The van der Waals surface area contributed by atoms with Gasteiger partial charge in [-0.1, -0.05) is 6.08 Å². The van der Waals surface area contributed by atoms with Gasteiger partial charge in [0, 0.05) is 12.1 Å². The van der Waals surface area contributed by atoms with Gasteiger partial charge < -0.3 is 25.1 Å². The fraction of sp³-hybridized carbons (Fsp3) is 0.308. The van der Waals surface area contributed by atoms with Crippen LogP contribution in [0.2, 0.25) is 0 Å². The molecule has 104 valence electrons. The molecule has 0 fully saturated rings. The Morgan fingerprint density at radius 2 is 1.74 bits per heavy atom. The predicted octanol–water partition coefficient (Wildman–Crippen LogP) is 1.35. The summed E-state index contributed by atoms with van der Waals surface area (Å²) in [5.41, 5.74) is 6.54. The van der Waals surface area contributed by atoms with Crippen LogP contribution in [-0.2, 0) is 4.79 Å². The molecule has 1 unspecified atom stereocenters. The monoisotopic (exact) mass is 267 g/mol. The second kappa shape index (κ2) is 6.65. The molecule has 0 heterocycles. The first-order valence-electron chi connectivity index (χ1n) is 5.50. The van der Waals surface area contributed by atoms with Crippen molar-refractivity contribution in [1.29, 1.82) is 0 Å². The van der Waals surface area contributed by atoms with E-state index in [2.05, 4.69) is 0 Å². The van der Waals surface area contributed by atoms with Crippen LogP contribution in [0.4, 0.5) is 0 Å². The van der Waals surface area contributed by atoms with Gasteiger partial charge in [0.2, 0.25) is 5.75 Å². The molecule has 0 saturated heterocycles. The number of rotatable bonds is 6. The molecule has 0 aromatic heterocycles. The van der Waals surface area contributed by atoms with Crippen molar-refractivity contribution in [3.05, 3.63) is 29.8 Å². The Hall–Kier alpha value is -2.21. The lowest BCUT2D eigenvalue weighted by Gasteiger charge is -2.15. The SMILES string of the molecule is COc1cc(C(N)/C=C/C(=O)O)cc(OC)c1OC. The quantitative estimate of drug-likeness (QED) is 0.756. The minimum atomic E-state index is -1.05. The maximum absolute atomic E-state index is 10.5. The van der Waals surface area contributed by atoms with Crippen LogP contribution in [0.15, 0.2) is 24.3 Å². The van der Waals surface area contributed by atoms with Crippen LogP contribution in [0, 0.1) is 0 Å². The zero-order chi connectivity index (χ0) is 14.4. The van der Waals surface area contributed by atoms with E-state index in [1.807, 2.05) is 0 Å². The molecular formula is C13H17NO5. The van der Waals surface area contributed by atoms with Crippen LogP contribution in [0.3, 0.4) is 0 Å². The number of carboxylic acids is 1. The third-order valence-electron chi connectivity index (χ3n) is 2.52. The lowest BCUT2D eigenvalue weighted by Crippen LogP contribution is -2.09. The molecule has 1 atom stereocenters. The highest BCUT2D eigenvalue weighted by molar-refractivity contribution is 5.79. The third-order valence-corrected chi connectivity index (χ3v) is 2.52. The van der Waals surface area contributed by atoms with Gasteiger partial charge in [0.15, 0.2) is 11.5 Å². The first-order valence-corrected chi connectivity index (χ1v) is 5.50. The van der Waals surface area contributed by atoms with Crippen molar-refractivity contribution in [1.82, 2.24) is 0 Å². The molecule has 1 rings (SSSR count). The molecular weight excluding hydrogens is 250 g/mol. The number of carbonyl (C=O) groups is 1. The van der Waals surface area contributed by atoms with E-state index in [0.717, 1.165) is 6.08 Å². The molecule has 0 aliphatic carbocycles. The zero-order valence-electron chi connectivity index (χ0n) is 11.0. The molecule has 0 saturated carbocycles. The van der Waals surface area contributed by atoms with Crippen molar-refractivity contribution < 1.29 is 24.1 Å². The van der Waals surface area contributed by atoms with E-state index in [9.17, 15) is 4.79 Å². The van der Waals surface area contributed by atoms with Gasteiger partial charge in [-0.3, -0.25) is 0 Å². The van der Waals surface area contributed by atoms with Gasteiger partial charge in [0.05, 0.1) is 21.3 Å². The second-order valence-corrected chi connectivity index (χ2v) is 3.68. The Labute approximate surface area is 111 Å². The lowest BCUT2D eigenvalue weighted by molar-refractivity contribution is -0.131. The summed E-state index contributed by atoms with van der Waals surface area (Å²) in [5.74, 6) is 0.345. The van der Waals surface area contributed by atoms with Gasteiger partial charge in [0.1, 0.15) is 0 Å². The minimum Gasteiger partial charge on any atom is -0.493 e. The summed E-state index contributed by atoms with van der Waals surface area (Å²) >= 11 is 0. The Kier molecular flexibility index (Phi) is 5.20. The Morgan fingerprint density at radius 3 is 2.11 bits per heavy atom. The molecule has 1 aromatic carbocycles. The summed E-state index contributed by atoms with van der Waals surface area (Å²) < 4.78 is 15.6. The highest BCUT2D eigenvalue weighted by atomic mass is 16.5. The molecule has 0 bridgehead atoms. The van der Waals surface area contributed by atoms with Crippen LogP contribution in [0.1, 0.15) is 11.6 Å². The summed E-state index contributed by atoms with van der Waals surface area (Å²) in [6.07, 6.45) is 2.37.